The van der Waals surface area contributed by atoms with E-state index in [1.807, 2.05) is 73.7 Å². The molecule has 0 aliphatic carbocycles. The van der Waals surface area contributed by atoms with E-state index in [1.165, 1.54) is 0 Å². The highest BCUT2D eigenvalue weighted by molar-refractivity contribution is 6.06. The second-order valence-electron chi connectivity index (χ2n) is 8.39. The number of carbonyl (C=O) groups excluding carboxylic acids is 1. The summed E-state index contributed by atoms with van der Waals surface area (Å²) in [6.07, 6.45) is -0.298. The van der Waals surface area contributed by atoms with Crippen molar-refractivity contribution in [2.24, 2.45) is 5.73 Å². The molecule has 32 heavy (non-hydrogen) atoms. The van der Waals surface area contributed by atoms with Gasteiger partial charge in [-0.25, -0.2) is 4.79 Å². The molecule has 0 aromatic heterocycles. The van der Waals surface area contributed by atoms with Crippen LogP contribution in [0.25, 0.3) is 0 Å². The van der Waals surface area contributed by atoms with Crippen molar-refractivity contribution in [3.05, 3.63) is 101 Å². The normalized spacial score (nSPS) is 14.9. The molecule has 0 fully saturated rings. The summed E-state index contributed by atoms with van der Waals surface area (Å²) in [5.74, 6) is -2.26. The molecular weight excluding hydrogens is 402 g/mol. The van der Waals surface area contributed by atoms with E-state index >= 15 is 0 Å². The minimum absolute atomic E-state index is 0.00777. The number of carboxylic acids is 1. The highest BCUT2D eigenvalue weighted by Crippen LogP contribution is 2.38. The summed E-state index contributed by atoms with van der Waals surface area (Å²) >= 11 is 0. The zero-order valence-electron chi connectivity index (χ0n) is 18.6. The lowest BCUT2D eigenvalue weighted by atomic mass is 9.81. The third kappa shape index (κ3) is 4.58. The number of hydrogen-bond acceptors (Lipinski definition) is 4. The van der Waals surface area contributed by atoms with Crippen LogP contribution in [0.1, 0.15) is 60.4 Å². The lowest BCUT2D eigenvalue weighted by Crippen LogP contribution is -2.55. The molecular formula is C27H29NO4. The van der Waals surface area contributed by atoms with Gasteiger partial charge in [-0.2, -0.15) is 0 Å². The van der Waals surface area contributed by atoms with Crippen molar-refractivity contribution >= 4 is 11.8 Å². The molecule has 3 rings (SSSR count). The first-order valence-electron chi connectivity index (χ1n) is 10.6. The largest absolute Gasteiger partial charge is 0.507 e. The minimum atomic E-state index is -2.11. The number of carbonyl (C=O) groups is 2. The van der Waals surface area contributed by atoms with Gasteiger partial charge >= 0.3 is 5.97 Å². The molecule has 3 unspecified atom stereocenters. The first-order chi connectivity index (χ1) is 15.1. The monoisotopic (exact) mass is 431 g/mol. The predicted molar refractivity (Wildman–Crippen MR) is 125 cm³/mol. The molecule has 5 nitrogen and oxygen atoms in total. The molecule has 5 heteroatoms. The Balaban J connectivity index is 2.17. The van der Waals surface area contributed by atoms with Gasteiger partial charge in [-0.1, -0.05) is 86.6 Å². The Hall–Kier alpha value is -3.44. The topological polar surface area (TPSA) is 101 Å². The van der Waals surface area contributed by atoms with Gasteiger partial charge in [-0.15, -0.1) is 0 Å². The summed E-state index contributed by atoms with van der Waals surface area (Å²) in [6, 6.07) is 23.4. The van der Waals surface area contributed by atoms with E-state index in [2.05, 4.69) is 6.92 Å². The number of carboxylic acid groups (broad SMARTS) is 1. The molecule has 166 valence electrons. The molecule has 0 bridgehead atoms. The van der Waals surface area contributed by atoms with Gasteiger partial charge in [0.1, 0.15) is 5.75 Å². The fourth-order valence-electron chi connectivity index (χ4n) is 3.97. The number of nitrogens with two attached hydrogens (primary N) is 1. The summed E-state index contributed by atoms with van der Waals surface area (Å²) in [5, 5.41) is 20.8. The van der Waals surface area contributed by atoms with Crippen LogP contribution in [-0.2, 0) is 16.0 Å². The zero-order valence-corrected chi connectivity index (χ0v) is 18.6. The third-order valence-electron chi connectivity index (χ3n) is 6.29. The molecule has 0 spiro atoms. The predicted octanol–water partition coefficient (Wildman–Crippen LogP) is 4.61. The number of ketones is 1. The summed E-state index contributed by atoms with van der Waals surface area (Å²) in [5.41, 5.74) is 7.93. The van der Waals surface area contributed by atoms with Crippen LogP contribution in [0.2, 0.25) is 0 Å². The van der Waals surface area contributed by atoms with Crippen LogP contribution in [-0.4, -0.2) is 27.5 Å². The van der Waals surface area contributed by atoms with Crippen LogP contribution in [0, 0.1) is 0 Å². The van der Waals surface area contributed by atoms with Gasteiger partial charge in [-0.3, -0.25) is 4.79 Å². The van der Waals surface area contributed by atoms with E-state index in [-0.39, 0.29) is 24.0 Å². The van der Waals surface area contributed by atoms with Crippen molar-refractivity contribution in [2.45, 2.75) is 44.6 Å². The SMILES string of the molecule is CC(=O)C(N)(Cc1cc(C(C)c2ccccc2)cc(C(C)c2ccccc2)c1O)C(=O)O. The average molecular weight is 432 g/mol. The molecule has 0 heterocycles. The molecule has 0 aliphatic rings. The van der Waals surface area contributed by atoms with Gasteiger partial charge in [0.2, 0.25) is 0 Å². The lowest BCUT2D eigenvalue weighted by molar-refractivity contribution is -0.147. The zero-order chi connectivity index (χ0) is 23.5. The Bertz CT molecular complexity index is 1100. The maximum atomic E-state index is 12.1. The van der Waals surface area contributed by atoms with Crippen molar-refractivity contribution in [1.82, 2.24) is 0 Å². The molecule has 0 saturated carbocycles. The number of hydrogen-bond donors (Lipinski definition) is 3. The Kier molecular flexibility index (Phi) is 6.80. The number of aromatic hydroxyl groups is 1. The fourth-order valence-corrected chi connectivity index (χ4v) is 3.97. The van der Waals surface area contributed by atoms with E-state index in [4.69, 9.17) is 5.73 Å². The Morgan fingerprint density at radius 1 is 0.875 bits per heavy atom. The number of benzene rings is 3. The first-order valence-corrected chi connectivity index (χ1v) is 10.6. The van der Waals surface area contributed by atoms with Crippen molar-refractivity contribution in [3.63, 3.8) is 0 Å². The number of phenols is 1. The van der Waals surface area contributed by atoms with E-state index in [0.717, 1.165) is 23.6 Å². The Morgan fingerprint density at radius 3 is 1.84 bits per heavy atom. The summed E-state index contributed by atoms with van der Waals surface area (Å²) in [4.78, 5) is 23.9. The maximum absolute atomic E-state index is 12.1. The third-order valence-corrected chi connectivity index (χ3v) is 6.29. The second kappa shape index (κ2) is 9.37. The number of phenolic OH excluding ortho intramolecular Hbond substituents is 1. The van der Waals surface area contributed by atoms with Crippen LogP contribution in [0.5, 0.6) is 5.75 Å². The summed E-state index contributed by atoms with van der Waals surface area (Å²) in [6.45, 7) is 5.21. The smallest absolute Gasteiger partial charge is 0.331 e. The molecule has 3 aromatic rings. The Morgan fingerprint density at radius 2 is 1.38 bits per heavy atom. The van der Waals surface area contributed by atoms with Gasteiger partial charge in [0.05, 0.1) is 0 Å². The molecule has 0 amide bonds. The van der Waals surface area contributed by atoms with Crippen LogP contribution in [0.15, 0.2) is 72.8 Å². The van der Waals surface area contributed by atoms with Gasteiger partial charge in [0.25, 0.3) is 0 Å². The van der Waals surface area contributed by atoms with Gasteiger partial charge in [0.15, 0.2) is 11.3 Å². The number of Topliss-reactive ketones (excluding diaryl/α,β-unsaturated/α-hetero) is 1. The second-order valence-corrected chi connectivity index (χ2v) is 8.39. The summed E-state index contributed by atoms with van der Waals surface area (Å²) < 4.78 is 0. The minimum Gasteiger partial charge on any atom is -0.507 e. The standard InChI is InChI=1S/C27H29NO4/c1-17(20-10-6-4-7-11-20)22-14-23(16-27(28,19(3)29)26(31)32)25(30)24(15-22)18(2)21-12-8-5-9-13-21/h4-15,17-18,30H,16,28H2,1-3H3,(H,31,32). The van der Waals surface area contributed by atoms with Crippen molar-refractivity contribution in [3.8, 4) is 5.75 Å². The Labute approximate surface area is 188 Å². The van der Waals surface area contributed by atoms with E-state index < -0.39 is 17.3 Å². The quantitative estimate of drug-likeness (QED) is 0.452. The van der Waals surface area contributed by atoms with E-state index in [0.29, 0.717) is 11.1 Å². The molecule has 0 radical (unpaired) electrons. The number of aliphatic carboxylic acids is 1. The number of rotatable bonds is 8. The molecule has 0 aliphatic heterocycles. The molecule has 3 aromatic carbocycles. The van der Waals surface area contributed by atoms with Crippen LogP contribution >= 0.6 is 0 Å². The summed E-state index contributed by atoms with van der Waals surface area (Å²) in [7, 11) is 0. The molecule has 4 N–H and O–H groups in total. The van der Waals surface area contributed by atoms with Crippen LogP contribution in [0.4, 0.5) is 0 Å². The van der Waals surface area contributed by atoms with Crippen LogP contribution in [0.3, 0.4) is 0 Å². The molecule has 0 saturated heterocycles. The maximum Gasteiger partial charge on any atom is 0.331 e. The first kappa shape index (κ1) is 23.2. The molecule has 3 atom stereocenters. The average Bonchev–Trinajstić information content (AvgIpc) is 2.80. The highest BCUT2D eigenvalue weighted by atomic mass is 16.4. The van der Waals surface area contributed by atoms with Crippen molar-refractivity contribution in [1.29, 1.82) is 0 Å². The van der Waals surface area contributed by atoms with Gasteiger partial charge in [-0.05, 0) is 29.2 Å². The van der Waals surface area contributed by atoms with Crippen LogP contribution < -0.4 is 5.73 Å². The van der Waals surface area contributed by atoms with Crippen molar-refractivity contribution < 1.29 is 19.8 Å². The van der Waals surface area contributed by atoms with E-state index in [1.54, 1.807) is 6.07 Å². The van der Waals surface area contributed by atoms with Gasteiger partial charge < -0.3 is 15.9 Å². The lowest BCUT2D eigenvalue weighted by Gasteiger charge is -2.25. The van der Waals surface area contributed by atoms with Gasteiger partial charge in [0, 0.05) is 23.8 Å². The van der Waals surface area contributed by atoms with E-state index in [9.17, 15) is 19.8 Å². The van der Waals surface area contributed by atoms with Crippen molar-refractivity contribution in [2.75, 3.05) is 0 Å². The highest BCUT2D eigenvalue weighted by Gasteiger charge is 2.40. The fraction of sp³-hybridized carbons (Fsp3) is 0.259.